The van der Waals surface area contributed by atoms with E-state index in [9.17, 15) is 9.90 Å². The van der Waals surface area contributed by atoms with Crippen LogP contribution in [0.2, 0.25) is 0 Å². The Hall–Kier alpha value is -4.27. The molecule has 0 bridgehead atoms. The first-order chi connectivity index (χ1) is 20.5. The van der Waals surface area contributed by atoms with Gasteiger partial charge in [-0.2, -0.15) is 10.0 Å². The number of carbonyl (C=O) groups excluding carboxylic acids is 1. The van der Waals surface area contributed by atoms with Gasteiger partial charge in [-0.05, 0) is 30.7 Å². The number of rotatable bonds is 7. The van der Waals surface area contributed by atoms with Crippen LogP contribution in [-0.2, 0) is 16.0 Å². The van der Waals surface area contributed by atoms with Gasteiger partial charge in [-0.15, -0.1) is 0 Å². The lowest BCUT2D eigenvalue weighted by Crippen LogP contribution is -2.47. The number of fused-ring (bicyclic) bond motifs is 1. The molecule has 3 aliphatic rings. The smallest absolute Gasteiger partial charge is 0.395 e. The summed E-state index contributed by atoms with van der Waals surface area (Å²) in [7, 11) is 1.69. The van der Waals surface area contributed by atoms with Gasteiger partial charge < -0.3 is 30.2 Å². The van der Waals surface area contributed by atoms with Gasteiger partial charge in [0.05, 0.1) is 32.1 Å². The predicted molar refractivity (Wildman–Crippen MR) is 159 cm³/mol. The summed E-state index contributed by atoms with van der Waals surface area (Å²) in [6, 6.07) is 7.89. The summed E-state index contributed by atoms with van der Waals surface area (Å²) in [6.45, 7) is 7.44. The highest BCUT2D eigenvalue weighted by molar-refractivity contribution is 5.88. The lowest BCUT2D eigenvalue weighted by atomic mass is 10.1. The number of β-amino-alcohol motifs (C(OH)–C–C–N with tert-alkyl or cyclic N) is 1. The minimum atomic E-state index is -0.517. The highest BCUT2D eigenvalue weighted by atomic mass is 16.7. The number of aliphatic hydroxyl groups is 1. The average Bonchev–Trinajstić information content (AvgIpc) is 3.44. The molecule has 3 aliphatic heterocycles. The normalized spacial score (nSPS) is 17.3. The molecular weight excluding hydrogens is 540 g/mol. The Labute approximate surface area is 244 Å². The van der Waals surface area contributed by atoms with Gasteiger partial charge in [0.1, 0.15) is 0 Å². The van der Waals surface area contributed by atoms with Gasteiger partial charge in [0.2, 0.25) is 11.9 Å². The van der Waals surface area contributed by atoms with Crippen LogP contribution in [0.5, 0.6) is 0 Å². The van der Waals surface area contributed by atoms with Crippen LogP contribution in [0, 0.1) is 0 Å². The highest BCUT2D eigenvalue weighted by Gasteiger charge is 2.32. The second-order valence-corrected chi connectivity index (χ2v) is 10.4. The molecule has 0 unspecified atom stereocenters. The SMILES string of the molecule is CN(C(=O)ON1CCc2c(-c3cnc(N)nc3)nc(N3CCOCC3)nc21)c1ccc(N2CCN(CCO)CC2)cc1. The summed E-state index contributed by atoms with van der Waals surface area (Å²) in [5, 5.41) is 10.7. The van der Waals surface area contributed by atoms with Crippen LogP contribution in [-0.4, -0.2) is 115 Å². The molecule has 2 fully saturated rings. The van der Waals surface area contributed by atoms with Crippen molar-refractivity contribution in [3.8, 4) is 11.3 Å². The van der Waals surface area contributed by atoms with E-state index in [1.807, 2.05) is 24.3 Å². The predicted octanol–water partition coefficient (Wildman–Crippen LogP) is 1.02. The number of nitrogen functional groups attached to an aromatic ring is 1. The van der Waals surface area contributed by atoms with Crippen LogP contribution in [0.1, 0.15) is 5.56 Å². The molecule has 2 aromatic heterocycles. The number of piperazine rings is 1. The number of nitrogens with two attached hydrogens (primary N) is 1. The molecule has 14 heteroatoms. The maximum atomic E-state index is 13.3. The molecule has 6 rings (SSSR count). The Bertz CT molecular complexity index is 1380. The van der Waals surface area contributed by atoms with Gasteiger partial charge in [-0.25, -0.2) is 19.7 Å². The monoisotopic (exact) mass is 576 g/mol. The zero-order valence-corrected chi connectivity index (χ0v) is 23.7. The third kappa shape index (κ3) is 5.86. The van der Waals surface area contributed by atoms with E-state index in [4.69, 9.17) is 25.3 Å². The van der Waals surface area contributed by atoms with Crippen LogP contribution in [0.4, 0.5) is 33.9 Å². The molecule has 0 saturated carbocycles. The maximum Gasteiger partial charge on any atom is 0.438 e. The third-order valence-corrected chi connectivity index (χ3v) is 7.87. The molecule has 222 valence electrons. The van der Waals surface area contributed by atoms with E-state index < -0.39 is 6.09 Å². The van der Waals surface area contributed by atoms with Crippen LogP contribution >= 0.6 is 0 Å². The number of aromatic nitrogens is 4. The second-order valence-electron chi connectivity index (χ2n) is 10.4. The van der Waals surface area contributed by atoms with Crippen molar-refractivity contribution in [2.24, 2.45) is 0 Å². The number of hydroxylamine groups is 1. The number of amides is 1. The standard InChI is InChI=1S/C28H36N10O4/c1-34(21-2-4-22(5-3-21)36-10-8-35(9-11-36)12-15-39)28(40)42-38-7-6-23-24(20-18-30-26(29)31-19-20)32-27(33-25(23)38)37-13-16-41-17-14-37/h2-5,18-19,39H,6-17H2,1H3,(H2,29,30,31). The van der Waals surface area contributed by atoms with Crippen LogP contribution in [0.25, 0.3) is 11.3 Å². The molecule has 42 heavy (non-hydrogen) atoms. The zero-order valence-electron chi connectivity index (χ0n) is 23.7. The summed E-state index contributed by atoms with van der Waals surface area (Å²) < 4.78 is 5.51. The number of nitrogens with zero attached hydrogens (tertiary/aromatic N) is 9. The Kier molecular flexibility index (Phi) is 8.17. The Morgan fingerprint density at radius 3 is 2.40 bits per heavy atom. The molecule has 0 radical (unpaired) electrons. The second kappa shape index (κ2) is 12.3. The molecule has 3 aromatic rings. The lowest BCUT2D eigenvalue weighted by molar-refractivity contribution is 0.122. The summed E-state index contributed by atoms with van der Waals surface area (Å²) in [5.74, 6) is 1.27. The molecule has 1 amide bonds. The fourth-order valence-electron chi connectivity index (χ4n) is 5.43. The van der Waals surface area contributed by atoms with E-state index in [-0.39, 0.29) is 12.6 Å². The first-order valence-corrected chi connectivity index (χ1v) is 14.2. The molecule has 3 N–H and O–H groups in total. The molecule has 0 aliphatic carbocycles. The molecule has 0 spiro atoms. The minimum absolute atomic E-state index is 0.181. The Balaban J connectivity index is 1.18. The number of aliphatic hydroxyl groups excluding tert-OH is 1. The van der Waals surface area contributed by atoms with Gasteiger partial charge in [0.25, 0.3) is 0 Å². The fourth-order valence-corrected chi connectivity index (χ4v) is 5.43. The summed E-state index contributed by atoms with van der Waals surface area (Å²) >= 11 is 0. The minimum Gasteiger partial charge on any atom is -0.395 e. The van der Waals surface area contributed by atoms with Gasteiger partial charge in [0.15, 0.2) is 5.82 Å². The molecular formula is C28H36N10O4. The van der Waals surface area contributed by atoms with Crippen LogP contribution < -0.4 is 25.5 Å². The number of morpholine rings is 1. The van der Waals surface area contributed by atoms with Crippen molar-refractivity contribution in [1.82, 2.24) is 24.8 Å². The van der Waals surface area contributed by atoms with Crippen molar-refractivity contribution in [1.29, 1.82) is 0 Å². The van der Waals surface area contributed by atoms with Gasteiger partial charge >= 0.3 is 6.09 Å². The van der Waals surface area contributed by atoms with Crippen molar-refractivity contribution in [2.45, 2.75) is 6.42 Å². The quantitative estimate of drug-likeness (QED) is 0.412. The van der Waals surface area contributed by atoms with E-state index in [0.717, 1.165) is 48.7 Å². The fraction of sp³-hybridized carbons (Fsp3) is 0.464. The maximum absolute atomic E-state index is 13.3. The van der Waals surface area contributed by atoms with E-state index in [2.05, 4.69) is 24.7 Å². The summed E-state index contributed by atoms with van der Waals surface area (Å²) in [6.07, 6.45) is 3.37. The number of hydrogen-bond acceptors (Lipinski definition) is 13. The zero-order chi connectivity index (χ0) is 29.1. The van der Waals surface area contributed by atoms with Gasteiger partial charge in [-0.3, -0.25) is 9.80 Å². The van der Waals surface area contributed by atoms with Crippen molar-refractivity contribution in [3.63, 3.8) is 0 Å². The molecule has 2 saturated heterocycles. The number of ether oxygens (including phenoxy) is 1. The average molecular weight is 577 g/mol. The first kappa shape index (κ1) is 27.9. The van der Waals surface area contributed by atoms with E-state index in [0.29, 0.717) is 63.3 Å². The van der Waals surface area contributed by atoms with Crippen LogP contribution in [0.3, 0.4) is 0 Å². The van der Waals surface area contributed by atoms with Crippen LogP contribution in [0.15, 0.2) is 36.7 Å². The molecule has 5 heterocycles. The number of carbonyl (C=O) groups is 1. The molecule has 1 aromatic carbocycles. The van der Waals surface area contributed by atoms with Crippen molar-refractivity contribution >= 4 is 35.2 Å². The largest absolute Gasteiger partial charge is 0.438 e. The Morgan fingerprint density at radius 1 is 1.00 bits per heavy atom. The third-order valence-electron chi connectivity index (χ3n) is 7.87. The van der Waals surface area contributed by atoms with Gasteiger partial charge in [0, 0.05) is 87.8 Å². The highest BCUT2D eigenvalue weighted by Crippen LogP contribution is 2.36. The van der Waals surface area contributed by atoms with E-state index in [1.54, 1.807) is 24.5 Å². The van der Waals surface area contributed by atoms with E-state index >= 15 is 0 Å². The summed E-state index contributed by atoms with van der Waals surface area (Å²) in [5.41, 5.74) is 9.82. The molecule has 14 nitrogen and oxygen atoms in total. The van der Waals surface area contributed by atoms with Crippen molar-refractivity contribution in [2.75, 3.05) is 105 Å². The number of hydrogen-bond donors (Lipinski definition) is 2. The molecule has 0 atom stereocenters. The number of anilines is 5. The van der Waals surface area contributed by atoms with Gasteiger partial charge in [-0.1, -0.05) is 0 Å². The lowest BCUT2D eigenvalue weighted by Gasteiger charge is -2.36. The summed E-state index contributed by atoms with van der Waals surface area (Å²) in [4.78, 5) is 45.3. The Morgan fingerprint density at radius 2 is 1.71 bits per heavy atom. The van der Waals surface area contributed by atoms with Crippen molar-refractivity contribution in [3.05, 3.63) is 42.2 Å². The van der Waals surface area contributed by atoms with E-state index in [1.165, 1.54) is 4.90 Å². The van der Waals surface area contributed by atoms with Crippen molar-refractivity contribution < 1.29 is 19.5 Å². The topological polar surface area (TPSA) is 150 Å². The number of benzene rings is 1. The first-order valence-electron chi connectivity index (χ1n) is 14.2.